The van der Waals surface area contributed by atoms with Crippen LogP contribution >= 0.6 is 11.3 Å². The maximum absolute atomic E-state index is 3.64. The lowest BCUT2D eigenvalue weighted by atomic mass is 9.89. The van der Waals surface area contributed by atoms with E-state index < -0.39 is 0 Å². The molecular formula is C17H23NS. The summed E-state index contributed by atoms with van der Waals surface area (Å²) in [7, 11) is 0. The van der Waals surface area contributed by atoms with Crippen molar-refractivity contribution in [2.45, 2.75) is 39.2 Å². The Bertz CT molecular complexity index is 545. The van der Waals surface area contributed by atoms with Crippen molar-refractivity contribution in [1.29, 1.82) is 0 Å². The molecule has 0 bridgehead atoms. The summed E-state index contributed by atoms with van der Waals surface area (Å²) in [6.07, 6.45) is 3.98. The van der Waals surface area contributed by atoms with E-state index in [2.05, 4.69) is 48.8 Å². The average Bonchev–Trinajstić information content (AvgIpc) is 2.98. The number of hydrogen-bond acceptors (Lipinski definition) is 2. The van der Waals surface area contributed by atoms with Gasteiger partial charge in [0.05, 0.1) is 0 Å². The molecular weight excluding hydrogens is 250 g/mol. The topological polar surface area (TPSA) is 12.0 Å². The van der Waals surface area contributed by atoms with Crippen molar-refractivity contribution < 1.29 is 0 Å². The second kappa shape index (κ2) is 5.64. The summed E-state index contributed by atoms with van der Waals surface area (Å²) in [5, 5.41) is 7.49. The van der Waals surface area contributed by atoms with Crippen LogP contribution in [0.3, 0.4) is 0 Å². The molecule has 1 nitrogen and oxygen atoms in total. The zero-order valence-corrected chi connectivity index (χ0v) is 12.7. The zero-order chi connectivity index (χ0) is 13.2. The maximum Gasteiger partial charge on any atom is 0.0345 e. The van der Waals surface area contributed by atoms with E-state index in [0.29, 0.717) is 0 Å². The van der Waals surface area contributed by atoms with Gasteiger partial charge in [0.1, 0.15) is 0 Å². The standard InChI is InChI=1S/C17H23NS/c1-3-18-16-9-8-13(12(16)2)10-14-11-19-17-7-5-4-6-15(14)17/h4-7,11-13,16,18H,3,8-10H2,1-2H3. The van der Waals surface area contributed by atoms with Gasteiger partial charge in [0.15, 0.2) is 0 Å². The number of rotatable bonds is 4. The predicted octanol–water partition coefficient (Wildman–Crippen LogP) is 4.47. The molecule has 1 saturated carbocycles. The summed E-state index contributed by atoms with van der Waals surface area (Å²) >= 11 is 1.89. The van der Waals surface area contributed by atoms with Crippen LogP contribution in [0.15, 0.2) is 29.6 Å². The third-order valence-electron chi connectivity index (χ3n) is 4.74. The summed E-state index contributed by atoms with van der Waals surface area (Å²) in [5.74, 6) is 1.65. The van der Waals surface area contributed by atoms with Crippen LogP contribution < -0.4 is 5.32 Å². The lowest BCUT2D eigenvalue weighted by Gasteiger charge is -2.21. The number of fused-ring (bicyclic) bond motifs is 1. The highest BCUT2D eigenvalue weighted by atomic mass is 32.1. The Morgan fingerprint density at radius 2 is 2.11 bits per heavy atom. The van der Waals surface area contributed by atoms with E-state index in [4.69, 9.17) is 0 Å². The Morgan fingerprint density at radius 3 is 2.95 bits per heavy atom. The molecule has 1 N–H and O–H groups in total. The number of hydrogen-bond donors (Lipinski definition) is 1. The molecule has 19 heavy (non-hydrogen) atoms. The van der Waals surface area contributed by atoms with Gasteiger partial charge in [-0.1, -0.05) is 32.0 Å². The van der Waals surface area contributed by atoms with Crippen LogP contribution in [0.2, 0.25) is 0 Å². The highest BCUT2D eigenvalue weighted by molar-refractivity contribution is 7.17. The first kappa shape index (κ1) is 13.1. The molecule has 1 aliphatic rings. The zero-order valence-electron chi connectivity index (χ0n) is 11.9. The number of thiophene rings is 1. The molecule has 3 atom stereocenters. The van der Waals surface area contributed by atoms with Crippen LogP contribution in [0.5, 0.6) is 0 Å². The molecule has 0 saturated heterocycles. The van der Waals surface area contributed by atoms with Gasteiger partial charge in [-0.25, -0.2) is 0 Å². The molecule has 1 heterocycles. The molecule has 2 heteroatoms. The highest BCUT2D eigenvalue weighted by Crippen LogP contribution is 2.37. The van der Waals surface area contributed by atoms with Crippen molar-refractivity contribution >= 4 is 21.4 Å². The first-order valence-corrected chi connectivity index (χ1v) is 8.36. The van der Waals surface area contributed by atoms with E-state index in [1.54, 1.807) is 5.56 Å². The van der Waals surface area contributed by atoms with Crippen LogP contribution in [0.4, 0.5) is 0 Å². The van der Waals surface area contributed by atoms with E-state index in [-0.39, 0.29) is 0 Å². The lowest BCUT2D eigenvalue weighted by Crippen LogP contribution is -2.32. The average molecular weight is 273 g/mol. The molecule has 1 aliphatic carbocycles. The molecule has 2 aromatic rings. The van der Waals surface area contributed by atoms with Crippen LogP contribution in [0, 0.1) is 11.8 Å². The van der Waals surface area contributed by atoms with Gasteiger partial charge in [0, 0.05) is 10.7 Å². The SMILES string of the molecule is CCNC1CCC(Cc2csc3ccccc23)C1C. The quantitative estimate of drug-likeness (QED) is 0.866. The van der Waals surface area contributed by atoms with Crippen molar-refractivity contribution in [3.63, 3.8) is 0 Å². The Morgan fingerprint density at radius 1 is 1.26 bits per heavy atom. The van der Waals surface area contributed by atoms with Crippen LogP contribution in [-0.2, 0) is 6.42 Å². The fraction of sp³-hybridized carbons (Fsp3) is 0.529. The minimum atomic E-state index is 0.736. The van der Waals surface area contributed by atoms with Gasteiger partial charge in [0.25, 0.3) is 0 Å². The number of benzene rings is 1. The fourth-order valence-electron chi connectivity index (χ4n) is 3.56. The van der Waals surface area contributed by atoms with E-state index in [1.807, 2.05) is 11.3 Å². The fourth-order valence-corrected chi connectivity index (χ4v) is 4.54. The monoisotopic (exact) mass is 273 g/mol. The second-order valence-electron chi connectivity index (χ2n) is 5.82. The molecule has 0 aliphatic heterocycles. The van der Waals surface area contributed by atoms with Crippen molar-refractivity contribution in [3.8, 4) is 0 Å². The first-order chi connectivity index (χ1) is 9.29. The minimum absolute atomic E-state index is 0.736. The predicted molar refractivity (Wildman–Crippen MR) is 84.9 cm³/mol. The molecule has 1 aromatic carbocycles. The van der Waals surface area contributed by atoms with E-state index in [9.17, 15) is 0 Å². The van der Waals surface area contributed by atoms with Gasteiger partial charge < -0.3 is 5.32 Å². The van der Waals surface area contributed by atoms with Crippen LogP contribution in [0.1, 0.15) is 32.3 Å². The molecule has 0 radical (unpaired) electrons. The summed E-state index contributed by atoms with van der Waals surface area (Å²) in [6, 6.07) is 9.56. The largest absolute Gasteiger partial charge is 0.314 e. The highest BCUT2D eigenvalue weighted by Gasteiger charge is 2.32. The smallest absolute Gasteiger partial charge is 0.0345 e. The van der Waals surface area contributed by atoms with Gasteiger partial charge in [-0.05, 0) is 60.0 Å². The third-order valence-corrected chi connectivity index (χ3v) is 5.75. The molecule has 102 valence electrons. The molecule has 0 amide bonds. The normalized spacial score (nSPS) is 27.2. The van der Waals surface area contributed by atoms with Gasteiger partial charge in [-0.15, -0.1) is 11.3 Å². The van der Waals surface area contributed by atoms with E-state index in [1.165, 1.54) is 29.3 Å². The Hall–Kier alpha value is -0.860. The first-order valence-electron chi connectivity index (χ1n) is 7.48. The molecule has 3 rings (SSSR count). The summed E-state index contributed by atoms with van der Waals surface area (Å²) < 4.78 is 1.44. The van der Waals surface area contributed by atoms with Crippen molar-refractivity contribution in [3.05, 3.63) is 35.2 Å². The maximum atomic E-state index is 3.64. The van der Waals surface area contributed by atoms with E-state index >= 15 is 0 Å². The summed E-state index contributed by atoms with van der Waals surface area (Å²) in [5.41, 5.74) is 1.56. The Labute approximate surface area is 120 Å². The Balaban J connectivity index is 1.75. The molecule has 3 unspecified atom stereocenters. The van der Waals surface area contributed by atoms with Gasteiger partial charge in [-0.3, -0.25) is 0 Å². The summed E-state index contributed by atoms with van der Waals surface area (Å²) in [6.45, 7) is 5.75. The second-order valence-corrected chi connectivity index (χ2v) is 6.73. The van der Waals surface area contributed by atoms with Gasteiger partial charge in [-0.2, -0.15) is 0 Å². The van der Waals surface area contributed by atoms with Gasteiger partial charge >= 0.3 is 0 Å². The molecule has 0 spiro atoms. The van der Waals surface area contributed by atoms with Crippen molar-refractivity contribution in [2.75, 3.05) is 6.54 Å². The van der Waals surface area contributed by atoms with Crippen molar-refractivity contribution in [2.24, 2.45) is 11.8 Å². The minimum Gasteiger partial charge on any atom is -0.314 e. The van der Waals surface area contributed by atoms with Crippen LogP contribution in [0.25, 0.3) is 10.1 Å². The lowest BCUT2D eigenvalue weighted by molar-refractivity contribution is 0.356. The van der Waals surface area contributed by atoms with E-state index in [0.717, 1.165) is 24.4 Å². The van der Waals surface area contributed by atoms with Gasteiger partial charge in [0.2, 0.25) is 0 Å². The van der Waals surface area contributed by atoms with Crippen LogP contribution in [-0.4, -0.2) is 12.6 Å². The molecule has 1 fully saturated rings. The summed E-state index contributed by atoms with van der Waals surface area (Å²) in [4.78, 5) is 0. The third kappa shape index (κ3) is 2.56. The van der Waals surface area contributed by atoms with Crippen molar-refractivity contribution in [1.82, 2.24) is 5.32 Å². The molecule has 1 aromatic heterocycles. The number of nitrogens with one attached hydrogen (secondary N) is 1. The Kier molecular flexibility index (Phi) is 3.90.